The molecule has 0 spiro atoms. The van der Waals surface area contributed by atoms with E-state index in [2.05, 4.69) is 15.0 Å². The molecule has 8 nitrogen and oxygen atoms in total. The molecule has 1 aliphatic heterocycles. The van der Waals surface area contributed by atoms with Crippen molar-refractivity contribution in [3.05, 3.63) is 40.2 Å². The normalized spacial score (nSPS) is 16.2. The van der Waals surface area contributed by atoms with Gasteiger partial charge < -0.3 is 0 Å². The maximum Gasteiger partial charge on any atom is 0.344 e. The molecule has 0 fully saturated rings. The zero-order valence-electron chi connectivity index (χ0n) is 9.96. The van der Waals surface area contributed by atoms with Crippen molar-refractivity contribution < 1.29 is 13.3 Å². The van der Waals surface area contributed by atoms with Gasteiger partial charge in [0.15, 0.2) is 9.51 Å². The lowest BCUT2D eigenvalue weighted by atomic mass is 10.1. The minimum atomic E-state index is -2.33. The molecule has 0 amide bonds. The van der Waals surface area contributed by atoms with E-state index >= 15 is 0 Å². The van der Waals surface area contributed by atoms with Crippen LogP contribution in [-0.2, 0) is 10.3 Å². The molecule has 0 aromatic carbocycles. The van der Waals surface area contributed by atoms with Gasteiger partial charge in [0.05, 0.1) is 21.2 Å². The van der Waals surface area contributed by atoms with Gasteiger partial charge in [-0.1, -0.05) is 0 Å². The molecular weight excluding hydrogens is 336 g/mol. The Morgan fingerprint density at radius 1 is 1.29 bits per heavy atom. The van der Waals surface area contributed by atoms with Gasteiger partial charge in [0.25, 0.3) is 0 Å². The first-order valence-electron chi connectivity index (χ1n) is 5.35. The molecule has 0 unspecified atom stereocenters. The van der Waals surface area contributed by atoms with Crippen molar-refractivity contribution in [1.29, 1.82) is 0 Å². The second-order valence-corrected chi connectivity index (χ2v) is 6.88. The molecule has 2 heterocycles. The number of nitro groups is 1. The van der Waals surface area contributed by atoms with E-state index in [0.29, 0.717) is 20.9 Å². The van der Waals surface area contributed by atoms with Crippen LogP contribution in [-0.4, -0.2) is 34.1 Å². The van der Waals surface area contributed by atoms with Crippen molar-refractivity contribution in [3.63, 3.8) is 0 Å². The summed E-state index contributed by atoms with van der Waals surface area (Å²) in [7, 11) is -2.33. The summed E-state index contributed by atoms with van der Waals surface area (Å²) in [6.45, 7) is 0. The molecule has 106 valence electrons. The van der Waals surface area contributed by atoms with Crippen LogP contribution >= 0.6 is 23.1 Å². The molecule has 0 bridgehead atoms. The Balaban J connectivity index is 1.86. The maximum atomic E-state index is 10.9. The van der Waals surface area contributed by atoms with E-state index in [-0.39, 0.29) is 9.87 Å². The SMILES string of the molecule is O=[N+]([O-])c1cnc(SC2=NC3=CC(=S(=O)=O)C=CC3=N2)s1. The Bertz CT molecular complexity index is 896. The topological polar surface area (TPSA) is 115 Å². The molecule has 1 aromatic heterocycles. The molecule has 11 heteroatoms. The lowest BCUT2D eigenvalue weighted by Crippen LogP contribution is -2.04. The number of rotatable bonds is 2. The fourth-order valence-electron chi connectivity index (χ4n) is 1.53. The Morgan fingerprint density at radius 3 is 2.76 bits per heavy atom. The van der Waals surface area contributed by atoms with E-state index in [1.807, 2.05) is 0 Å². The minimum absolute atomic E-state index is 0.0577. The van der Waals surface area contributed by atoms with Crippen molar-refractivity contribution >= 4 is 54.1 Å². The van der Waals surface area contributed by atoms with Gasteiger partial charge in [-0.3, -0.25) is 10.1 Å². The molecular formula is C10H4N4O4S3. The van der Waals surface area contributed by atoms with Crippen LogP contribution in [0, 0.1) is 10.1 Å². The number of nitrogens with zero attached hydrogens (tertiary/aromatic N) is 4. The predicted molar refractivity (Wildman–Crippen MR) is 80.6 cm³/mol. The summed E-state index contributed by atoms with van der Waals surface area (Å²) in [5, 5.41) is 10.9. The lowest BCUT2D eigenvalue weighted by molar-refractivity contribution is -0.380. The molecule has 0 atom stereocenters. The Labute approximate surface area is 127 Å². The first kappa shape index (κ1) is 13.9. The summed E-state index contributed by atoms with van der Waals surface area (Å²) in [5.41, 5.74) is 1.00. The molecule has 1 aromatic rings. The summed E-state index contributed by atoms with van der Waals surface area (Å²) in [6.07, 6.45) is 5.58. The van der Waals surface area contributed by atoms with E-state index in [4.69, 9.17) is 0 Å². The fourth-order valence-corrected chi connectivity index (χ4v) is 3.57. The van der Waals surface area contributed by atoms with Crippen LogP contribution in [0.15, 0.2) is 44.4 Å². The van der Waals surface area contributed by atoms with E-state index in [0.717, 1.165) is 23.1 Å². The fraction of sp³-hybridized carbons (Fsp3) is 0. The third-order valence-corrected chi connectivity index (χ3v) is 4.93. The zero-order valence-corrected chi connectivity index (χ0v) is 12.4. The number of thiazole rings is 1. The molecule has 1 aliphatic carbocycles. The van der Waals surface area contributed by atoms with Crippen molar-refractivity contribution in [1.82, 2.24) is 4.98 Å². The lowest BCUT2D eigenvalue weighted by Gasteiger charge is -1.99. The van der Waals surface area contributed by atoms with Crippen molar-refractivity contribution in [2.45, 2.75) is 4.34 Å². The number of aromatic nitrogens is 1. The highest BCUT2D eigenvalue weighted by molar-refractivity contribution is 8.15. The summed E-state index contributed by atoms with van der Waals surface area (Å²) in [5.74, 6) is 0. The largest absolute Gasteiger partial charge is 0.344 e. The van der Waals surface area contributed by atoms with Gasteiger partial charge in [-0.25, -0.2) is 15.0 Å². The van der Waals surface area contributed by atoms with Crippen LogP contribution in [0.1, 0.15) is 0 Å². The first-order valence-corrected chi connectivity index (χ1v) is 8.05. The van der Waals surface area contributed by atoms with Gasteiger partial charge in [-0.05, 0) is 41.3 Å². The average molecular weight is 340 g/mol. The molecule has 0 radical (unpaired) electrons. The van der Waals surface area contributed by atoms with E-state index in [9.17, 15) is 18.5 Å². The first-order chi connectivity index (χ1) is 10.0. The van der Waals surface area contributed by atoms with E-state index in [1.165, 1.54) is 18.3 Å². The van der Waals surface area contributed by atoms with Crippen molar-refractivity contribution in [2.75, 3.05) is 0 Å². The van der Waals surface area contributed by atoms with Crippen LogP contribution in [0.5, 0.6) is 0 Å². The highest BCUT2D eigenvalue weighted by Crippen LogP contribution is 2.32. The summed E-state index contributed by atoms with van der Waals surface area (Å²) >= 11 is 2.02. The molecule has 0 saturated carbocycles. The third kappa shape index (κ3) is 2.84. The number of fused-ring (bicyclic) bond motifs is 1. The van der Waals surface area contributed by atoms with Crippen LogP contribution in [0.25, 0.3) is 0 Å². The van der Waals surface area contributed by atoms with Gasteiger partial charge in [-0.15, -0.1) is 0 Å². The summed E-state index contributed by atoms with van der Waals surface area (Å²) < 4.78 is 22.2. The predicted octanol–water partition coefficient (Wildman–Crippen LogP) is 1.46. The maximum absolute atomic E-state index is 10.9. The smallest absolute Gasteiger partial charge is 0.257 e. The van der Waals surface area contributed by atoms with Crippen molar-refractivity contribution in [3.8, 4) is 0 Å². The molecule has 3 rings (SSSR count). The van der Waals surface area contributed by atoms with E-state index < -0.39 is 15.2 Å². The van der Waals surface area contributed by atoms with Gasteiger partial charge in [0.2, 0.25) is 10.3 Å². The molecule has 0 saturated heterocycles. The highest BCUT2D eigenvalue weighted by Gasteiger charge is 2.21. The van der Waals surface area contributed by atoms with Crippen LogP contribution in [0.2, 0.25) is 0 Å². The van der Waals surface area contributed by atoms with Gasteiger partial charge in [-0.2, -0.15) is 8.42 Å². The number of hydrogen-bond acceptors (Lipinski definition) is 9. The highest BCUT2D eigenvalue weighted by atomic mass is 32.2. The molecule has 2 aliphatic rings. The average Bonchev–Trinajstić information content (AvgIpc) is 3.03. The number of thioether (sulfide) groups is 1. The molecule has 21 heavy (non-hydrogen) atoms. The van der Waals surface area contributed by atoms with Gasteiger partial charge in [0, 0.05) is 0 Å². The second kappa shape index (κ2) is 5.35. The Morgan fingerprint density at radius 2 is 2.10 bits per heavy atom. The Kier molecular flexibility index (Phi) is 3.53. The summed E-state index contributed by atoms with van der Waals surface area (Å²) in [4.78, 5) is 22.5. The number of hydrogen-bond donors (Lipinski definition) is 0. The Hall–Kier alpha value is -2.11. The van der Waals surface area contributed by atoms with Gasteiger partial charge in [0.1, 0.15) is 6.20 Å². The standard InChI is InChI=1S/C10H4N4O4S3/c15-14(16)8-4-11-10(19-8)20-9-12-6-2-1-5(21(17)18)3-7(6)13-9/h1-4H. The van der Waals surface area contributed by atoms with Crippen molar-refractivity contribution in [2.24, 2.45) is 9.98 Å². The number of aliphatic imine (C=N–C) groups is 2. The van der Waals surface area contributed by atoms with Crippen LogP contribution < -0.4 is 0 Å². The summed E-state index contributed by atoms with van der Waals surface area (Å²) in [6, 6.07) is 0. The number of allylic oxidation sites excluding steroid dienone is 3. The zero-order chi connectivity index (χ0) is 15.0. The van der Waals surface area contributed by atoms with Gasteiger partial charge >= 0.3 is 5.00 Å². The quantitative estimate of drug-likeness (QED) is 0.457. The van der Waals surface area contributed by atoms with E-state index in [1.54, 1.807) is 6.08 Å². The second-order valence-electron chi connectivity index (χ2n) is 3.71. The monoisotopic (exact) mass is 340 g/mol. The number of amidine groups is 1. The van der Waals surface area contributed by atoms with Crippen LogP contribution in [0.3, 0.4) is 0 Å². The molecule has 0 N–H and O–H groups in total. The third-order valence-electron chi connectivity index (χ3n) is 2.40. The minimum Gasteiger partial charge on any atom is -0.257 e. The van der Waals surface area contributed by atoms with Crippen LogP contribution in [0.4, 0.5) is 5.00 Å².